The van der Waals surface area contributed by atoms with Gasteiger partial charge in [0.05, 0.1) is 16.9 Å². The van der Waals surface area contributed by atoms with E-state index >= 15 is 0 Å². The number of amides is 2. The number of aromatic nitrogens is 2. The van der Waals surface area contributed by atoms with Crippen molar-refractivity contribution in [3.8, 4) is 0 Å². The number of rotatable bonds is 7. The van der Waals surface area contributed by atoms with Gasteiger partial charge in [-0.25, -0.2) is 9.78 Å². The van der Waals surface area contributed by atoms with Crippen LogP contribution in [0.15, 0.2) is 71.5 Å². The first kappa shape index (κ1) is 25.5. The predicted molar refractivity (Wildman–Crippen MR) is 147 cm³/mol. The number of halogens is 1. The fourth-order valence-corrected chi connectivity index (χ4v) is 4.77. The number of anilines is 1. The van der Waals surface area contributed by atoms with E-state index < -0.39 is 6.04 Å². The monoisotopic (exact) mass is 502 g/mol. The molecule has 2 amide bonds. The van der Waals surface area contributed by atoms with Gasteiger partial charge >= 0.3 is 6.03 Å². The van der Waals surface area contributed by atoms with Crippen LogP contribution in [-0.2, 0) is 13.1 Å². The summed E-state index contributed by atoms with van der Waals surface area (Å²) in [6, 6.07) is 20.2. The minimum atomic E-state index is -0.439. The molecular weight excluding hydrogens is 472 g/mol. The van der Waals surface area contributed by atoms with Crippen molar-refractivity contribution in [2.45, 2.75) is 53.2 Å². The molecule has 0 fully saturated rings. The lowest BCUT2D eigenvalue weighted by Gasteiger charge is -2.33. The van der Waals surface area contributed by atoms with Crippen LogP contribution in [-0.4, -0.2) is 20.5 Å². The van der Waals surface area contributed by atoms with Crippen molar-refractivity contribution in [2.75, 3.05) is 5.32 Å². The number of nitrogens with one attached hydrogen (secondary N) is 1. The highest BCUT2D eigenvalue weighted by atomic mass is 35.5. The molecule has 0 radical (unpaired) electrons. The Hall–Kier alpha value is -3.64. The first-order chi connectivity index (χ1) is 17.3. The largest absolute Gasteiger partial charge is 0.322 e. The lowest BCUT2D eigenvalue weighted by atomic mass is 10.1. The first-order valence-electron chi connectivity index (χ1n) is 12.2. The van der Waals surface area contributed by atoms with Gasteiger partial charge in [0.2, 0.25) is 0 Å². The van der Waals surface area contributed by atoms with Gasteiger partial charge in [-0.1, -0.05) is 67.1 Å². The van der Waals surface area contributed by atoms with Gasteiger partial charge in [0.25, 0.3) is 5.56 Å². The number of hydrogen-bond donors (Lipinski definition) is 1. The minimum Gasteiger partial charge on any atom is -0.310 e. The van der Waals surface area contributed by atoms with Crippen LogP contribution in [0.2, 0.25) is 5.02 Å². The highest BCUT2D eigenvalue weighted by Gasteiger charge is 2.29. The van der Waals surface area contributed by atoms with Crippen LogP contribution >= 0.6 is 11.6 Å². The number of hydrogen-bond acceptors (Lipinski definition) is 3. The zero-order valence-corrected chi connectivity index (χ0v) is 21.8. The molecule has 36 heavy (non-hydrogen) atoms. The maximum Gasteiger partial charge on any atom is 0.322 e. The average Bonchev–Trinajstić information content (AvgIpc) is 2.86. The molecule has 0 aliphatic rings. The van der Waals surface area contributed by atoms with Gasteiger partial charge in [-0.15, -0.1) is 0 Å². The topological polar surface area (TPSA) is 67.2 Å². The standard InChI is InChI=1S/C29H31ClN4O2/c1-5-25(27-31-24-17-22(30)15-16-23(24)28(35)33(27)6-2)34(18-21-13-8-7-9-14-21)29(36)32-26-19(3)11-10-12-20(26)4/h7-17,25H,5-6,18H2,1-4H3,(H,32,36). The molecule has 3 aromatic carbocycles. The molecule has 1 unspecified atom stereocenters. The summed E-state index contributed by atoms with van der Waals surface area (Å²) in [4.78, 5) is 33.9. The Kier molecular flexibility index (Phi) is 7.75. The van der Waals surface area contributed by atoms with Gasteiger partial charge < -0.3 is 10.2 Å². The van der Waals surface area contributed by atoms with Gasteiger partial charge in [-0.3, -0.25) is 9.36 Å². The predicted octanol–water partition coefficient (Wildman–Crippen LogP) is 6.87. The van der Waals surface area contributed by atoms with Crippen LogP contribution in [0.1, 0.15) is 48.8 Å². The molecule has 4 aromatic rings. The molecule has 6 nitrogen and oxygen atoms in total. The Labute approximate surface area is 216 Å². The van der Waals surface area contributed by atoms with E-state index in [0.717, 1.165) is 22.4 Å². The molecule has 0 spiro atoms. The fourth-order valence-electron chi connectivity index (χ4n) is 4.61. The summed E-state index contributed by atoms with van der Waals surface area (Å²) in [6.07, 6.45) is 0.575. The molecule has 0 aliphatic heterocycles. The van der Waals surface area contributed by atoms with E-state index in [1.165, 1.54) is 0 Å². The summed E-state index contributed by atoms with van der Waals surface area (Å²) in [5, 5.41) is 4.15. The maximum absolute atomic E-state index is 13.9. The van der Waals surface area contributed by atoms with Gasteiger partial charge in [-0.05, 0) is 62.1 Å². The third-order valence-corrected chi connectivity index (χ3v) is 6.73. The van der Waals surface area contributed by atoms with Gasteiger partial charge in [0.15, 0.2) is 0 Å². The summed E-state index contributed by atoms with van der Waals surface area (Å²) >= 11 is 6.23. The zero-order chi connectivity index (χ0) is 25.8. The van der Waals surface area contributed by atoms with Crippen molar-refractivity contribution in [2.24, 2.45) is 0 Å². The number of fused-ring (bicyclic) bond motifs is 1. The molecule has 1 heterocycles. The van der Waals surface area contributed by atoms with Crippen LogP contribution in [0.25, 0.3) is 10.9 Å². The molecule has 186 valence electrons. The Morgan fingerprint density at radius 1 is 1.03 bits per heavy atom. The number of carbonyl (C=O) groups is 1. The number of carbonyl (C=O) groups excluding carboxylic acids is 1. The maximum atomic E-state index is 13.9. The number of aryl methyl sites for hydroxylation is 2. The molecule has 4 rings (SSSR count). The van der Waals surface area contributed by atoms with Crippen LogP contribution < -0.4 is 10.9 Å². The quantitative estimate of drug-likeness (QED) is 0.300. The molecule has 1 atom stereocenters. The fraction of sp³-hybridized carbons (Fsp3) is 0.276. The Bertz CT molecular complexity index is 1430. The van der Waals surface area contributed by atoms with Crippen LogP contribution in [0.3, 0.4) is 0 Å². The molecule has 0 saturated carbocycles. The van der Waals surface area contributed by atoms with E-state index in [-0.39, 0.29) is 11.6 Å². The van der Waals surface area contributed by atoms with Gasteiger partial charge in [0, 0.05) is 23.8 Å². The zero-order valence-electron chi connectivity index (χ0n) is 21.1. The second-order valence-corrected chi connectivity index (χ2v) is 9.35. The SMILES string of the molecule is CCC(c1nc2cc(Cl)ccc2c(=O)n1CC)N(Cc1ccccc1)C(=O)Nc1c(C)cccc1C. The third-order valence-electron chi connectivity index (χ3n) is 6.49. The number of para-hydroxylation sites is 1. The molecule has 1 aromatic heterocycles. The second kappa shape index (κ2) is 11.0. The lowest BCUT2D eigenvalue weighted by molar-refractivity contribution is 0.175. The summed E-state index contributed by atoms with van der Waals surface area (Å²) in [5.74, 6) is 0.548. The van der Waals surface area contributed by atoms with Crippen LogP contribution in [0.4, 0.5) is 10.5 Å². The molecule has 0 bridgehead atoms. The highest BCUT2D eigenvalue weighted by molar-refractivity contribution is 6.31. The molecule has 0 aliphatic carbocycles. The lowest BCUT2D eigenvalue weighted by Crippen LogP contribution is -2.40. The Morgan fingerprint density at radius 3 is 2.36 bits per heavy atom. The summed E-state index contributed by atoms with van der Waals surface area (Å²) in [6.45, 7) is 8.68. The molecule has 1 N–H and O–H groups in total. The van der Waals surface area contributed by atoms with E-state index in [1.54, 1.807) is 27.7 Å². The van der Waals surface area contributed by atoms with E-state index in [0.29, 0.717) is 41.3 Å². The smallest absolute Gasteiger partial charge is 0.310 e. The van der Waals surface area contributed by atoms with Crippen molar-refractivity contribution < 1.29 is 4.79 Å². The second-order valence-electron chi connectivity index (χ2n) is 8.92. The van der Waals surface area contributed by atoms with Crippen molar-refractivity contribution in [1.82, 2.24) is 14.5 Å². The first-order valence-corrected chi connectivity index (χ1v) is 12.6. The van der Waals surface area contributed by atoms with E-state index in [2.05, 4.69) is 5.32 Å². The normalized spacial score (nSPS) is 11.9. The van der Waals surface area contributed by atoms with Crippen LogP contribution in [0.5, 0.6) is 0 Å². The van der Waals surface area contributed by atoms with E-state index in [1.807, 2.05) is 76.2 Å². The Balaban J connectivity index is 1.84. The van der Waals surface area contributed by atoms with Gasteiger partial charge in [-0.2, -0.15) is 0 Å². The minimum absolute atomic E-state index is 0.137. The number of benzene rings is 3. The Morgan fingerprint density at radius 2 is 1.72 bits per heavy atom. The van der Waals surface area contributed by atoms with Crippen molar-refractivity contribution in [3.05, 3.63) is 105 Å². The van der Waals surface area contributed by atoms with E-state index in [9.17, 15) is 9.59 Å². The van der Waals surface area contributed by atoms with Crippen molar-refractivity contribution in [1.29, 1.82) is 0 Å². The van der Waals surface area contributed by atoms with Crippen LogP contribution in [0, 0.1) is 13.8 Å². The number of urea groups is 1. The highest BCUT2D eigenvalue weighted by Crippen LogP contribution is 2.28. The third kappa shape index (κ3) is 5.14. The molecule has 0 saturated heterocycles. The summed E-state index contributed by atoms with van der Waals surface area (Å²) in [5.41, 5.74) is 4.14. The average molecular weight is 503 g/mol. The molecular formula is C29H31ClN4O2. The number of nitrogens with zero attached hydrogens (tertiary/aromatic N) is 3. The molecule has 7 heteroatoms. The van der Waals surface area contributed by atoms with E-state index in [4.69, 9.17) is 16.6 Å². The van der Waals surface area contributed by atoms with Crippen molar-refractivity contribution >= 4 is 34.2 Å². The van der Waals surface area contributed by atoms with Gasteiger partial charge in [0.1, 0.15) is 5.82 Å². The summed E-state index contributed by atoms with van der Waals surface area (Å²) in [7, 11) is 0. The summed E-state index contributed by atoms with van der Waals surface area (Å²) < 4.78 is 1.66. The van der Waals surface area contributed by atoms with Crippen molar-refractivity contribution in [3.63, 3.8) is 0 Å².